The van der Waals surface area contributed by atoms with E-state index in [4.69, 9.17) is 5.11 Å². The summed E-state index contributed by atoms with van der Waals surface area (Å²) < 4.78 is 12.7. The molecule has 0 unspecified atom stereocenters. The molecule has 0 aliphatic heterocycles. The molecule has 17 heavy (non-hydrogen) atoms. The van der Waals surface area contributed by atoms with Gasteiger partial charge in [-0.25, -0.2) is 9.78 Å². The maximum absolute atomic E-state index is 12.7. The van der Waals surface area contributed by atoms with Gasteiger partial charge in [-0.3, -0.25) is 0 Å². The minimum Gasteiger partial charge on any atom is -0.507 e. The molecule has 5 heteroatoms. The number of nitrogens with zero attached hydrogens (tertiary/aromatic N) is 1. The topological polar surface area (TPSA) is 70.4 Å². The average Bonchev–Trinajstić information content (AvgIpc) is 2.29. The van der Waals surface area contributed by atoms with Gasteiger partial charge in [0.2, 0.25) is 5.95 Å². The molecule has 0 saturated heterocycles. The van der Waals surface area contributed by atoms with E-state index in [1.807, 2.05) is 0 Å². The highest BCUT2D eigenvalue weighted by molar-refractivity contribution is 5.98. The highest BCUT2D eigenvalue weighted by Crippen LogP contribution is 2.29. The summed E-state index contributed by atoms with van der Waals surface area (Å²) in [6, 6.07) is 6.86. The molecule has 1 heterocycles. The van der Waals surface area contributed by atoms with Crippen LogP contribution in [0.3, 0.4) is 0 Å². The summed E-state index contributed by atoms with van der Waals surface area (Å²) in [5, 5.41) is 18.5. The highest BCUT2D eigenvalue weighted by Gasteiger charge is 2.16. The Morgan fingerprint density at radius 3 is 2.59 bits per heavy atom. The van der Waals surface area contributed by atoms with Crippen LogP contribution >= 0.6 is 0 Å². The van der Waals surface area contributed by atoms with Gasteiger partial charge in [0.1, 0.15) is 11.3 Å². The van der Waals surface area contributed by atoms with Gasteiger partial charge >= 0.3 is 5.97 Å². The summed E-state index contributed by atoms with van der Waals surface area (Å²) in [7, 11) is 0. The zero-order valence-electron chi connectivity index (χ0n) is 8.59. The van der Waals surface area contributed by atoms with Gasteiger partial charge in [0.15, 0.2) is 0 Å². The van der Waals surface area contributed by atoms with Gasteiger partial charge < -0.3 is 10.2 Å². The maximum atomic E-state index is 12.7. The van der Waals surface area contributed by atoms with Crippen molar-refractivity contribution >= 4 is 5.97 Å². The lowest BCUT2D eigenvalue weighted by atomic mass is 10.0. The summed E-state index contributed by atoms with van der Waals surface area (Å²) in [6.45, 7) is 0. The molecule has 4 nitrogen and oxygen atoms in total. The molecule has 0 aliphatic rings. The van der Waals surface area contributed by atoms with Crippen molar-refractivity contribution in [2.45, 2.75) is 0 Å². The van der Waals surface area contributed by atoms with E-state index in [2.05, 4.69) is 4.98 Å². The molecule has 2 rings (SSSR count). The van der Waals surface area contributed by atoms with Crippen LogP contribution in [0.1, 0.15) is 10.4 Å². The van der Waals surface area contributed by atoms with Gasteiger partial charge in [-0.1, -0.05) is 12.1 Å². The standard InChI is InChI=1S/C12H8FNO3/c13-10-5-4-7(6-14-10)8-2-1-3-9(15)11(8)12(16)17/h1-6,15H,(H,16,17). The molecule has 1 aromatic carbocycles. The van der Waals surface area contributed by atoms with Crippen molar-refractivity contribution in [3.63, 3.8) is 0 Å². The Bertz CT molecular complexity index is 566. The average molecular weight is 233 g/mol. The second-order valence-corrected chi connectivity index (χ2v) is 3.37. The molecule has 0 bridgehead atoms. The van der Waals surface area contributed by atoms with E-state index in [-0.39, 0.29) is 11.3 Å². The van der Waals surface area contributed by atoms with Crippen LogP contribution in [-0.2, 0) is 0 Å². The number of carbonyl (C=O) groups is 1. The molecule has 2 N–H and O–H groups in total. The Labute approximate surface area is 96.0 Å². The molecule has 0 radical (unpaired) electrons. The molecule has 0 amide bonds. The van der Waals surface area contributed by atoms with Crippen molar-refractivity contribution in [2.75, 3.05) is 0 Å². The first-order valence-electron chi connectivity index (χ1n) is 4.77. The zero-order valence-corrected chi connectivity index (χ0v) is 8.59. The van der Waals surface area contributed by atoms with Crippen LogP contribution in [0.2, 0.25) is 0 Å². The van der Waals surface area contributed by atoms with E-state index in [1.54, 1.807) is 0 Å². The number of phenols is 1. The van der Waals surface area contributed by atoms with Crippen molar-refractivity contribution in [1.29, 1.82) is 0 Å². The minimum absolute atomic E-state index is 0.221. The van der Waals surface area contributed by atoms with Gasteiger partial charge in [0.05, 0.1) is 0 Å². The summed E-state index contributed by atoms with van der Waals surface area (Å²) in [4.78, 5) is 14.5. The number of hydrogen-bond acceptors (Lipinski definition) is 3. The first-order chi connectivity index (χ1) is 8.09. The van der Waals surface area contributed by atoms with E-state index >= 15 is 0 Å². The third-order valence-corrected chi connectivity index (χ3v) is 2.29. The number of rotatable bonds is 2. The maximum Gasteiger partial charge on any atom is 0.340 e. The monoisotopic (exact) mass is 233 g/mol. The van der Waals surface area contributed by atoms with Crippen molar-refractivity contribution < 1.29 is 19.4 Å². The normalized spacial score (nSPS) is 10.2. The molecule has 0 aliphatic carbocycles. The highest BCUT2D eigenvalue weighted by atomic mass is 19.1. The molecule has 0 spiro atoms. The van der Waals surface area contributed by atoms with Crippen LogP contribution in [0, 0.1) is 5.95 Å². The Morgan fingerprint density at radius 2 is 2.00 bits per heavy atom. The van der Waals surface area contributed by atoms with Crippen LogP contribution in [0.5, 0.6) is 5.75 Å². The number of hydrogen-bond donors (Lipinski definition) is 2. The Balaban J connectivity index is 2.63. The molecular weight excluding hydrogens is 225 g/mol. The van der Waals surface area contributed by atoms with Crippen LogP contribution in [0.15, 0.2) is 36.5 Å². The minimum atomic E-state index is -1.25. The van der Waals surface area contributed by atoms with E-state index in [0.29, 0.717) is 11.1 Å². The molecular formula is C12H8FNO3. The second-order valence-electron chi connectivity index (χ2n) is 3.37. The first kappa shape index (κ1) is 11.1. The van der Waals surface area contributed by atoms with Crippen LogP contribution in [0.25, 0.3) is 11.1 Å². The fourth-order valence-corrected chi connectivity index (χ4v) is 1.54. The molecule has 86 valence electrons. The van der Waals surface area contributed by atoms with Crippen molar-refractivity contribution in [3.8, 4) is 16.9 Å². The third kappa shape index (κ3) is 2.08. The van der Waals surface area contributed by atoms with Crippen molar-refractivity contribution in [2.24, 2.45) is 0 Å². The Kier molecular flexibility index (Phi) is 2.74. The zero-order chi connectivity index (χ0) is 12.4. The largest absolute Gasteiger partial charge is 0.507 e. The number of carboxylic acid groups (broad SMARTS) is 1. The lowest BCUT2D eigenvalue weighted by molar-refractivity contribution is 0.0694. The number of benzene rings is 1. The van der Waals surface area contributed by atoms with Crippen LogP contribution < -0.4 is 0 Å². The van der Waals surface area contributed by atoms with Gasteiger partial charge in [0.25, 0.3) is 0 Å². The van der Waals surface area contributed by atoms with Crippen molar-refractivity contribution in [3.05, 3.63) is 48.0 Å². The number of carboxylic acids is 1. The lowest BCUT2D eigenvalue weighted by Crippen LogP contribution is -2.00. The van der Waals surface area contributed by atoms with Gasteiger partial charge in [-0.05, 0) is 18.2 Å². The third-order valence-electron chi connectivity index (χ3n) is 2.29. The van der Waals surface area contributed by atoms with E-state index in [0.717, 1.165) is 6.07 Å². The Morgan fingerprint density at radius 1 is 1.24 bits per heavy atom. The number of halogens is 1. The fraction of sp³-hybridized carbons (Fsp3) is 0. The van der Waals surface area contributed by atoms with E-state index in [9.17, 15) is 14.3 Å². The fourth-order valence-electron chi connectivity index (χ4n) is 1.54. The predicted molar refractivity (Wildman–Crippen MR) is 58.3 cm³/mol. The van der Waals surface area contributed by atoms with E-state index < -0.39 is 11.9 Å². The van der Waals surface area contributed by atoms with Crippen LogP contribution in [-0.4, -0.2) is 21.2 Å². The second kappa shape index (κ2) is 4.21. The molecule has 0 saturated carbocycles. The molecule has 1 aromatic heterocycles. The number of aromatic hydroxyl groups is 1. The summed E-state index contributed by atoms with van der Waals surface area (Å²) in [5.74, 6) is -2.23. The summed E-state index contributed by atoms with van der Waals surface area (Å²) in [6.07, 6.45) is 1.22. The van der Waals surface area contributed by atoms with Gasteiger partial charge in [0, 0.05) is 17.3 Å². The molecule has 0 fully saturated rings. The molecule has 0 atom stereocenters. The van der Waals surface area contributed by atoms with Crippen LogP contribution in [0.4, 0.5) is 4.39 Å². The molecule has 2 aromatic rings. The summed E-state index contributed by atoms with van der Waals surface area (Å²) in [5.41, 5.74) is 0.505. The lowest BCUT2D eigenvalue weighted by Gasteiger charge is -2.07. The SMILES string of the molecule is O=C(O)c1c(O)cccc1-c1ccc(F)nc1. The number of pyridine rings is 1. The smallest absolute Gasteiger partial charge is 0.340 e. The number of aromatic carboxylic acids is 1. The Hall–Kier alpha value is -2.43. The quantitative estimate of drug-likeness (QED) is 0.781. The van der Waals surface area contributed by atoms with E-state index in [1.165, 1.54) is 30.5 Å². The predicted octanol–water partition coefficient (Wildman–Crippen LogP) is 2.29. The summed E-state index contributed by atoms with van der Waals surface area (Å²) >= 11 is 0. The number of aromatic nitrogens is 1. The van der Waals surface area contributed by atoms with Crippen molar-refractivity contribution in [1.82, 2.24) is 4.98 Å². The van der Waals surface area contributed by atoms with Gasteiger partial charge in [-0.2, -0.15) is 4.39 Å². The van der Waals surface area contributed by atoms with Gasteiger partial charge in [-0.15, -0.1) is 0 Å². The first-order valence-corrected chi connectivity index (χ1v) is 4.77.